The van der Waals surface area contributed by atoms with E-state index in [9.17, 15) is 9.59 Å². The fourth-order valence-corrected chi connectivity index (χ4v) is 2.70. The number of carboxylic acid groups (broad SMARTS) is 1. The molecule has 2 heterocycles. The topological polar surface area (TPSA) is 78.9 Å². The molecule has 2 rings (SSSR count). The average Bonchev–Trinajstić information content (AvgIpc) is 2.46. The van der Waals surface area contributed by atoms with Gasteiger partial charge in [0.1, 0.15) is 0 Å². The van der Waals surface area contributed by atoms with Gasteiger partial charge in [0.25, 0.3) is 0 Å². The van der Waals surface area contributed by atoms with Crippen molar-refractivity contribution in [2.24, 2.45) is 5.41 Å². The minimum Gasteiger partial charge on any atom is -0.481 e. The van der Waals surface area contributed by atoms with E-state index in [0.717, 1.165) is 25.9 Å². The molecule has 6 heteroatoms. The summed E-state index contributed by atoms with van der Waals surface area (Å²) < 4.78 is 5.57. The molecule has 0 radical (unpaired) electrons. The molecule has 2 aliphatic rings. The van der Waals surface area contributed by atoms with Crippen LogP contribution in [0.25, 0.3) is 0 Å². The van der Waals surface area contributed by atoms with Crippen molar-refractivity contribution in [1.82, 2.24) is 10.2 Å². The monoisotopic (exact) mass is 284 g/mol. The number of piperidine rings is 1. The summed E-state index contributed by atoms with van der Waals surface area (Å²) in [6.07, 6.45) is 4.40. The minimum atomic E-state index is -0.770. The highest BCUT2D eigenvalue weighted by atomic mass is 16.5. The molecule has 114 valence electrons. The first-order valence-corrected chi connectivity index (χ1v) is 7.39. The Morgan fingerprint density at radius 3 is 2.60 bits per heavy atom. The lowest BCUT2D eigenvalue weighted by atomic mass is 9.80. The Hall–Kier alpha value is -1.30. The maximum atomic E-state index is 12.0. The van der Waals surface area contributed by atoms with Crippen molar-refractivity contribution in [2.45, 2.75) is 45.1 Å². The first-order valence-electron chi connectivity index (χ1n) is 7.39. The fraction of sp³-hybridized carbons (Fsp3) is 0.857. The quantitative estimate of drug-likeness (QED) is 0.822. The molecule has 2 aliphatic heterocycles. The molecule has 0 saturated carbocycles. The Morgan fingerprint density at radius 2 is 2.05 bits per heavy atom. The van der Waals surface area contributed by atoms with Crippen LogP contribution in [0.3, 0.4) is 0 Å². The molecule has 0 spiro atoms. The number of carboxylic acids is 1. The van der Waals surface area contributed by atoms with Crippen LogP contribution in [0.5, 0.6) is 0 Å². The van der Waals surface area contributed by atoms with Crippen LogP contribution < -0.4 is 5.32 Å². The molecular formula is C14H24N2O4. The fourth-order valence-electron chi connectivity index (χ4n) is 2.70. The number of carbonyl (C=O) groups excluding carboxylic acids is 1. The molecule has 0 aromatic heterocycles. The number of urea groups is 1. The van der Waals surface area contributed by atoms with Crippen molar-refractivity contribution in [2.75, 3.05) is 26.2 Å². The Bertz CT molecular complexity index is 358. The number of nitrogens with one attached hydrogen (secondary N) is 1. The van der Waals surface area contributed by atoms with Gasteiger partial charge in [0.2, 0.25) is 0 Å². The number of rotatable bonds is 3. The van der Waals surface area contributed by atoms with Crippen LogP contribution in [0.1, 0.15) is 39.0 Å². The van der Waals surface area contributed by atoms with Gasteiger partial charge in [-0.05, 0) is 39.0 Å². The van der Waals surface area contributed by atoms with Crippen molar-refractivity contribution in [1.29, 1.82) is 0 Å². The smallest absolute Gasteiger partial charge is 0.317 e. The average molecular weight is 284 g/mol. The van der Waals surface area contributed by atoms with Gasteiger partial charge in [0, 0.05) is 26.2 Å². The van der Waals surface area contributed by atoms with Crippen molar-refractivity contribution in [3.63, 3.8) is 0 Å². The predicted octanol–water partition coefficient (Wildman–Crippen LogP) is 1.45. The van der Waals surface area contributed by atoms with Crippen molar-refractivity contribution in [3.8, 4) is 0 Å². The highest BCUT2D eigenvalue weighted by molar-refractivity contribution is 5.77. The maximum Gasteiger partial charge on any atom is 0.317 e. The van der Waals surface area contributed by atoms with E-state index in [-0.39, 0.29) is 12.1 Å². The minimum absolute atomic E-state index is 0.105. The molecule has 2 saturated heterocycles. The molecule has 6 nitrogen and oxygen atoms in total. The van der Waals surface area contributed by atoms with E-state index < -0.39 is 11.4 Å². The SMILES string of the molecule is CC1(C(=O)O)CCN(C(=O)NCC2CCCCO2)CC1. The summed E-state index contributed by atoms with van der Waals surface area (Å²) in [6.45, 7) is 4.08. The lowest BCUT2D eigenvalue weighted by molar-refractivity contribution is -0.150. The van der Waals surface area contributed by atoms with Gasteiger partial charge in [0.15, 0.2) is 0 Å². The van der Waals surface area contributed by atoms with Crippen LogP contribution >= 0.6 is 0 Å². The van der Waals surface area contributed by atoms with Crippen LogP contribution in [0, 0.1) is 5.41 Å². The van der Waals surface area contributed by atoms with Crippen LogP contribution in [-0.2, 0) is 9.53 Å². The predicted molar refractivity (Wildman–Crippen MR) is 73.5 cm³/mol. The number of hydrogen-bond acceptors (Lipinski definition) is 3. The second-order valence-corrected chi connectivity index (χ2v) is 6.03. The summed E-state index contributed by atoms with van der Waals surface area (Å²) >= 11 is 0. The highest BCUT2D eigenvalue weighted by Gasteiger charge is 2.38. The molecule has 0 aromatic rings. The van der Waals surface area contributed by atoms with Crippen LogP contribution in [-0.4, -0.2) is 54.4 Å². The van der Waals surface area contributed by atoms with E-state index in [0.29, 0.717) is 32.5 Å². The van der Waals surface area contributed by atoms with Crippen molar-refractivity contribution < 1.29 is 19.4 Å². The normalized spacial score (nSPS) is 26.1. The van der Waals surface area contributed by atoms with Crippen molar-refractivity contribution in [3.05, 3.63) is 0 Å². The largest absolute Gasteiger partial charge is 0.481 e. The van der Waals surface area contributed by atoms with Crippen molar-refractivity contribution >= 4 is 12.0 Å². The van der Waals surface area contributed by atoms with E-state index in [2.05, 4.69) is 5.32 Å². The molecule has 2 amide bonds. The van der Waals surface area contributed by atoms with Gasteiger partial charge >= 0.3 is 12.0 Å². The van der Waals surface area contributed by atoms with Gasteiger partial charge in [-0.25, -0.2) is 4.79 Å². The summed E-state index contributed by atoms with van der Waals surface area (Å²) in [5.41, 5.74) is -0.691. The molecule has 0 bridgehead atoms. The number of hydrogen-bond donors (Lipinski definition) is 2. The summed E-state index contributed by atoms with van der Waals surface area (Å²) in [6, 6.07) is -0.105. The number of aliphatic carboxylic acids is 1. The van der Waals surface area contributed by atoms with E-state index in [1.165, 1.54) is 0 Å². The molecule has 0 aromatic carbocycles. The van der Waals surface area contributed by atoms with Crippen LogP contribution in [0.15, 0.2) is 0 Å². The number of ether oxygens (including phenoxy) is 1. The van der Waals surface area contributed by atoms with Gasteiger partial charge in [-0.15, -0.1) is 0 Å². The Morgan fingerprint density at radius 1 is 1.35 bits per heavy atom. The van der Waals surface area contributed by atoms with Crippen LogP contribution in [0.2, 0.25) is 0 Å². The van der Waals surface area contributed by atoms with Gasteiger partial charge in [-0.3, -0.25) is 4.79 Å². The summed E-state index contributed by atoms with van der Waals surface area (Å²) in [4.78, 5) is 24.9. The highest BCUT2D eigenvalue weighted by Crippen LogP contribution is 2.30. The van der Waals surface area contributed by atoms with Gasteiger partial charge in [-0.2, -0.15) is 0 Å². The zero-order chi connectivity index (χ0) is 14.6. The Kier molecular flexibility index (Phi) is 4.86. The third-order valence-corrected chi connectivity index (χ3v) is 4.43. The molecule has 1 atom stereocenters. The van der Waals surface area contributed by atoms with E-state index in [4.69, 9.17) is 9.84 Å². The maximum absolute atomic E-state index is 12.0. The standard InChI is InChI=1S/C14H24N2O4/c1-14(12(17)18)5-7-16(8-6-14)13(19)15-10-11-4-2-3-9-20-11/h11H,2-10H2,1H3,(H,15,19)(H,17,18). The zero-order valence-corrected chi connectivity index (χ0v) is 12.1. The molecular weight excluding hydrogens is 260 g/mol. The lowest BCUT2D eigenvalue weighted by Gasteiger charge is -2.36. The van der Waals surface area contributed by atoms with E-state index in [1.807, 2.05) is 0 Å². The molecule has 20 heavy (non-hydrogen) atoms. The second kappa shape index (κ2) is 6.43. The molecule has 1 unspecified atom stereocenters. The van der Waals surface area contributed by atoms with Gasteiger partial charge < -0.3 is 20.1 Å². The van der Waals surface area contributed by atoms with Gasteiger partial charge in [0.05, 0.1) is 11.5 Å². The van der Waals surface area contributed by atoms with Gasteiger partial charge in [-0.1, -0.05) is 0 Å². The van der Waals surface area contributed by atoms with E-state index >= 15 is 0 Å². The zero-order valence-electron chi connectivity index (χ0n) is 12.1. The number of amides is 2. The molecule has 0 aliphatic carbocycles. The first-order chi connectivity index (χ1) is 9.51. The summed E-state index contributed by atoms with van der Waals surface area (Å²) in [5.74, 6) is -0.770. The molecule has 2 fully saturated rings. The Labute approximate surface area is 119 Å². The lowest BCUT2D eigenvalue weighted by Crippen LogP contribution is -2.50. The summed E-state index contributed by atoms with van der Waals surface area (Å²) in [7, 11) is 0. The Balaban J connectivity index is 1.73. The summed E-state index contributed by atoms with van der Waals surface area (Å²) in [5, 5.41) is 12.1. The third-order valence-electron chi connectivity index (χ3n) is 4.43. The van der Waals surface area contributed by atoms with Crippen LogP contribution in [0.4, 0.5) is 4.79 Å². The van der Waals surface area contributed by atoms with E-state index in [1.54, 1.807) is 11.8 Å². The number of carbonyl (C=O) groups is 2. The third kappa shape index (κ3) is 3.62. The first kappa shape index (κ1) is 15.1. The second-order valence-electron chi connectivity index (χ2n) is 6.03. The number of likely N-dealkylation sites (tertiary alicyclic amines) is 1. The molecule has 2 N–H and O–H groups in total. The number of nitrogens with zero attached hydrogens (tertiary/aromatic N) is 1.